The van der Waals surface area contributed by atoms with E-state index in [4.69, 9.17) is 0 Å². The molecular weight excluding hydrogens is 294 g/mol. The van der Waals surface area contributed by atoms with Crippen molar-refractivity contribution in [1.82, 2.24) is 20.1 Å². The number of hydrogen-bond acceptors (Lipinski definition) is 4. The van der Waals surface area contributed by atoms with Crippen LogP contribution in [0.15, 0.2) is 4.99 Å². The van der Waals surface area contributed by atoms with Crippen molar-refractivity contribution in [3.05, 3.63) is 15.6 Å². The molecule has 1 saturated heterocycles. The Balaban J connectivity index is 1.89. The second-order valence-electron chi connectivity index (χ2n) is 5.95. The number of aromatic nitrogens is 1. The van der Waals surface area contributed by atoms with E-state index >= 15 is 0 Å². The first-order chi connectivity index (χ1) is 10.5. The SMILES string of the molecule is CCN1CCCC1CN(C)C(=NC)NCc1sc(C)nc1C. The number of likely N-dealkylation sites (N-methyl/N-ethyl adjacent to an activating group) is 2. The molecule has 1 aromatic rings. The van der Waals surface area contributed by atoms with Crippen LogP contribution in [-0.2, 0) is 6.54 Å². The van der Waals surface area contributed by atoms with Crippen LogP contribution in [0, 0.1) is 13.8 Å². The lowest BCUT2D eigenvalue weighted by Crippen LogP contribution is -2.45. The van der Waals surface area contributed by atoms with E-state index in [1.54, 1.807) is 11.3 Å². The minimum atomic E-state index is 0.654. The molecule has 1 atom stereocenters. The van der Waals surface area contributed by atoms with Gasteiger partial charge in [-0.05, 0) is 39.8 Å². The van der Waals surface area contributed by atoms with E-state index in [0.29, 0.717) is 6.04 Å². The Hall–Kier alpha value is -1.14. The fourth-order valence-corrected chi connectivity index (χ4v) is 4.08. The second kappa shape index (κ2) is 7.92. The number of aryl methyl sites for hydroxylation is 2. The Morgan fingerprint density at radius 3 is 2.86 bits per heavy atom. The third-order valence-corrected chi connectivity index (χ3v) is 5.44. The summed E-state index contributed by atoms with van der Waals surface area (Å²) in [6.45, 7) is 10.6. The maximum Gasteiger partial charge on any atom is 0.193 e. The van der Waals surface area contributed by atoms with Gasteiger partial charge in [-0.15, -0.1) is 11.3 Å². The summed E-state index contributed by atoms with van der Waals surface area (Å²) < 4.78 is 0. The highest BCUT2D eigenvalue weighted by Gasteiger charge is 2.24. The molecule has 124 valence electrons. The quantitative estimate of drug-likeness (QED) is 0.667. The smallest absolute Gasteiger partial charge is 0.193 e. The summed E-state index contributed by atoms with van der Waals surface area (Å²) in [5.74, 6) is 0.966. The number of aliphatic imine (C=N–C) groups is 1. The summed E-state index contributed by atoms with van der Waals surface area (Å²) in [6, 6.07) is 0.654. The van der Waals surface area contributed by atoms with Crippen LogP contribution in [0.1, 0.15) is 35.3 Å². The third-order valence-electron chi connectivity index (χ3n) is 4.37. The highest BCUT2D eigenvalue weighted by atomic mass is 32.1. The molecule has 1 aliphatic heterocycles. The standard InChI is InChI=1S/C16H29N5S/c1-6-21-9-7-8-14(21)11-20(5)16(17-4)18-10-15-12(2)19-13(3)22-15/h14H,6-11H2,1-5H3,(H,17,18). The van der Waals surface area contributed by atoms with Gasteiger partial charge in [0.1, 0.15) is 0 Å². The average molecular weight is 324 g/mol. The zero-order chi connectivity index (χ0) is 16.1. The van der Waals surface area contributed by atoms with Crippen molar-refractivity contribution in [3.8, 4) is 0 Å². The molecule has 0 spiro atoms. The molecule has 0 aromatic carbocycles. The fraction of sp³-hybridized carbons (Fsp3) is 0.750. The largest absolute Gasteiger partial charge is 0.351 e. The highest BCUT2D eigenvalue weighted by molar-refractivity contribution is 7.11. The predicted octanol–water partition coefficient (Wildman–Crippen LogP) is 2.25. The molecule has 2 heterocycles. The maximum atomic E-state index is 4.48. The maximum absolute atomic E-state index is 4.48. The number of hydrogen-bond donors (Lipinski definition) is 1. The van der Waals surface area contributed by atoms with Crippen molar-refractivity contribution in [2.24, 2.45) is 4.99 Å². The van der Waals surface area contributed by atoms with E-state index in [0.717, 1.165) is 36.3 Å². The van der Waals surface area contributed by atoms with Gasteiger partial charge in [0.15, 0.2) is 5.96 Å². The average Bonchev–Trinajstić information content (AvgIpc) is 3.05. The van der Waals surface area contributed by atoms with Crippen molar-refractivity contribution in [2.45, 2.75) is 46.2 Å². The van der Waals surface area contributed by atoms with E-state index in [1.807, 2.05) is 7.05 Å². The molecule has 0 bridgehead atoms. The van der Waals surface area contributed by atoms with Gasteiger partial charge in [0.2, 0.25) is 0 Å². The molecule has 0 aliphatic carbocycles. The Bertz CT molecular complexity index is 511. The van der Waals surface area contributed by atoms with Gasteiger partial charge in [-0.2, -0.15) is 0 Å². The number of nitrogens with zero attached hydrogens (tertiary/aromatic N) is 4. The lowest BCUT2D eigenvalue weighted by Gasteiger charge is -2.29. The van der Waals surface area contributed by atoms with Crippen molar-refractivity contribution < 1.29 is 0 Å². The molecule has 22 heavy (non-hydrogen) atoms. The first-order valence-electron chi connectivity index (χ1n) is 8.13. The zero-order valence-electron chi connectivity index (χ0n) is 14.5. The number of guanidine groups is 1. The van der Waals surface area contributed by atoms with Gasteiger partial charge in [-0.1, -0.05) is 6.92 Å². The van der Waals surface area contributed by atoms with Crippen LogP contribution < -0.4 is 5.32 Å². The molecular formula is C16H29N5S. The number of rotatable bonds is 5. The molecule has 2 rings (SSSR count). The van der Waals surface area contributed by atoms with Crippen LogP contribution in [0.4, 0.5) is 0 Å². The van der Waals surface area contributed by atoms with Gasteiger partial charge < -0.3 is 10.2 Å². The summed E-state index contributed by atoms with van der Waals surface area (Å²) in [4.78, 5) is 15.0. The number of likely N-dealkylation sites (tertiary alicyclic amines) is 1. The Labute approximate surface area is 138 Å². The minimum Gasteiger partial charge on any atom is -0.351 e. The lowest BCUT2D eigenvalue weighted by molar-refractivity contribution is 0.232. The minimum absolute atomic E-state index is 0.654. The molecule has 5 nitrogen and oxygen atoms in total. The van der Waals surface area contributed by atoms with Gasteiger partial charge in [0.05, 0.1) is 17.2 Å². The Kier molecular flexibility index (Phi) is 6.20. The normalized spacial score (nSPS) is 19.7. The summed E-state index contributed by atoms with van der Waals surface area (Å²) in [6.07, 6.45) is 2.61. The van der Waals surface area contributed by atoms with Gasteiger partial charge in [0.25, 0.3) is 0 Å². The summed E-state index contributed by atoms with van der Waals surface area (Å²) in [5.41, 5.74) is 1.13. The summed E-state index contributed by atoms with van der Waals surface area (Å²) in [7, 11) is 3.99. The molecule has 0 saturated carbocycles. The molecule has 1 N–H and O–H groups in total. The first kappa shape index (κ1) is 17.2. The predicted molar refractivity (Wildman–Crippen MR) is 94.7 cm³/mol. The Morgan fingerprint density at radius 1 is 1.50 bits per heavy atom. The molecule has 1 aliphatic rings. The van der Waals surface area contributed by atoms with E-state index in [-0.39, 0.29) is 0 Å². The van der Waals surface area contributed by atoms with Gasteiger partial charge in [0, 0.05) is 31.6 Å². The molecule has 1 aromatic heterocycles. The van der Waals surface area contributed by atoms with Crippen LogP contribution in [0.3, 0.4) is 0 Å². The van der Waals surface area contributed by atoms with E-state index in [1.165, 1.54) is 24.3 Å². The van der Waals surface area contributed by atoms with Crippen molar-refractivity contribution in [1.29, 1.82) is 0 Å². The van der Waals surface area contributed by atoms with Crippen LogP contribution in [0.2, 0.25) is 0 Å². The number of nitrogens with one attached hydrogen (secondary N) is 1. The zero-order valence-corrected chi connectivity index (χ0v) is 15.3. The Morgan fingerprint density at radius 2 is 2.27 bits per heavy atom. The topological polar surface area (TPSA) is 43.8 Å². The monoisotopic (exact) mass is 323 g/mol. The summed E-state index contributed by atoms with van der Waals surface area (Å²) in [5, 5.41) is 4.60. The summed E-state index contributed by atoms with van der Waals surface area (Å²) >= 11 is 1.76. The lowest BCUT2D eigenvalue weighted by atomic mass is 10.2. The van der Waals surface area contributed by atoms with Crippen molar-refractivity contribution in [3.63, 3.8) is 0 Å². The van der Waals surface area contributed by atoms with E-state index < -0.39 is 0 Å². The van der Waals surface area contributed by atoms with Crippen molar-refractivity contribution in [2.75, 3.05) is 33.7 Å². The van der Waals surface area contributed by atoms with Crippen LogP contribution in [0.5, 0.6) is 0 Å². The van der Waals surface area contributed by atoms with Crippen LogP contribution >= 0.6 is 11.3 Å². The highest BCUT2D eigenvalue weighted by Crippen LogP contribution is 2.18. The van der Waals surface area contributed by atoms with Crippen LogP contribution in [-0.4, -0.2) is 60.5 Å². The molecule has 1 fully saturated rings. The molecule has 6 heteroatoms. The fourth-order valence-electron chi connectivity index (χ4n) is 3.20. The third kappa shape index (κ3) is 4.20. The molecule has 0 radical (unpaired) electrons. The van der Waals surface area contributed by atoms with Crippen LogP contribution in [0.25, 0.3) is 0 Å². The number of thiazole rings is 1. The van der Waals surface area contributed by atoms with Gasteiger partial charge >= 0.3 is 0 Å². The van der Waals surface area contributed by atoms with E-state index in [2.05, 4.69) is 52.9 Å². The molecule has 1 unspecified atom stereocenters. The first-order valence-corrected chi connectivity index (χ1v) is 8.95. The van der Waals surface area contributed by atoms with Crippen molar-refractivity contribution >= 4 is 17.3 Å². The van der Waals surface area contributed by atoms with Gasteiger partial charge in [-0.3, -0.25) is 9.89 Å². The van der Waals surface area contributed by atoms with Gasteiger partial charge in [-0.25, -0.2) is 4.98 Å². The molecule has 0 amide bonds. The van der Waals surface area contributed by atoms with E-state index in [9.17, 15) is 0 Å². The second-order valence-corrected chi connectivity index (χ2v) is 7.24.